The van der Waals surface area contributed by atoms with E-state index in [2.05, 4.69) is 10.3 Å². The Bertz CT molecular complexity index is 1050. The number of nitro groups is 1. The summed E-state index contributed by atoms with van der Waals surface area (Å²) in [6.07, 6.45) is 1.24. The monoisotopic (exact) mass is 444 g/mol. The molecule has 2 heterocycles. The van der Waals surface area contributed by atoms with E-state index in [9.17, 15) is 31.7 Å². The number of aromatic nitrogens is 1. The Balaban J connectivity index is 1.77. The van der Waals surface area contributed by atoms with Crippen molar-refractivity contribution in [1.82, 2.24) is 4.98 Å². The van der Waals surface area contributed by atoms with Crippen LogP contribution in [0.15, 0.2) is 41.3 Å². The molecule has 0 radical (unpaired) electrons. The van der Waals surface area contributed by atoms with Crippen molar-refractivity contribution >= 4 is 27.0 Å². The van der Waals surface area contributed by atoms with Crippen LogP contribution in [-0.4, -0.2) is 43.0 Å². The third-order valence-corrected chi connectivity index (χ3v) is 6.32. The van der Waals surface area contributed by atoms with E-state index < -0.39 is 30.9 Å². The Kier molecular flexibility index (Phi) is 5.88. The highest BCUT2D eigenvalue weighted by atomic mass is 32.2. The topological polar surface area (TPSA) is 105 Å². The second-order valence-corrected chi connectivity index (χ2v) is 8.87. The number of rotatable bonds is 5. The fourth-order valence-corrected chi connectivity index (χ4v) is 4.10. The van der Waals surface area contributed by atoms with Gasteiger partial charge in [0.1, 0.15) is 11.5 Å². The molecular formula is C18H19F3N4O4S. The molecular weight excluding hydrogens is 425 g/mol. The molecule has 1 N–H and O–H groups in total. The van der Waals surface area contributed by atoms with Crippen LogP contribution >= 0.6 is 0 Å². The lowest BCUT2D eigenvalue weighted by Gasteiger charge is -2.34. The van der Waals surface area contributed by atoms with Gasteiger partial charge in [-0.3, -0.25) is 10.1 Å². The minimum Gasteiger partial charge on any atom is -0.367 e. The lowest BCUT2D eigenvalue weighted by atomic mass is 10.0. The lowest BCUT2D eigenvalue weighted by molar-refractivity contribution is -0.384. The summed E-state index contributed by atoms with van der Waals surface area (Å²) in [5.74, 6) is 0.723. The first kappa shape index (κ1) is 21.8. The van der Waals surface area contributed by atoms with Crippen molar-refractivity contribution in [3.63, 3.8) is 0 Å². The highest BCUT2D eigenvalue weighted by Crippen LogP contribution is 2.37. The Labute approximate surface area is 170 Å². The number of hydrogen-bond donors (Lipinski definition) is 1. The van der Waals surface area contributed by atoms with Crippen molar-refractivity contribution < 1.29 is 26.5 Å². The maximum Gasteiger partial charge on any atom is 0.501 e. The molecule has 1 aromatic heterocycles. The highest BCUT2D eigenvalue weighted by Gasteiger charge is 2.47. The summed E-state index contributed by atoms with van der Waals surface area (Å²) in [5.41, 5.74) is -5.25. The molecule has 1 aromatic carbocycles. The second-order valence-electron chi connectivity index (χ2n) is 6.93. The van der Waals surface area contributed by atoms with Gasteiger partial charge in [0.25, 0.3) is 15.5 Å². The van der Waals surface area contributed by atoms with Gasteiger partial charge >= 0.3 is 5.51 Å². The Morgan fingerprint density at radius 3 is 2.43 bits per heavy atom. The summed E-state index contributed by atoms with van der Waals surface area (Å²) in [6, 6.07) is 7.96. The molecule has 1 fully saturated rings. The molecule has 8 nitrogen and oxygen atoms in total. The average molecular weight is 444 g/mol. The molecule has 0 saturated carbocycles. The molecule has 0 spiro atoms. The SMILES string of the molecule is Cc1cccc(NC2CCN(c3ccc(S(=O)(=O)C(F)(F)F)cc3[N+](=O)[O-])CC2)n1. The minimum atomic E-state index is -5.67. The maximum absolute atomic E-state index is 12.8. The maximum atomic E-state index is 12.8. The number of hydrogen-bond acceptors (Lipinski definition) is 7. The molecule has 1 aliphatic heterocycles. The van der Waals surface area contributed by atoms with Gasteiger partial charge < -0.3 is 10.2 Å². The largest absolute Gasteiger partial charge is 0.501 e. The molecule has 1 saturated heterocycles. The summed E-state index contributed by atoms with van der Waals surface area (Å²) in [5, 5.41) is 14.7. The van der Waals surface area contributed by atoms with Crippen LogP contribution in [0.5, 0.6) is 0 Å². The number of nitro benzene ring substituents is 1. The van der Waals surface area contributed by atoms with Crippen molar-refractivity contribution in [2.75, 3.05) is 23.3 Å². The van der Waals surface area contributed by atoms with Crippen LogP contribution in [0.1, 0.15) is 18.5 Å². The van der Waals surface area contributed by atoms with E-state index in [1.165, 1.54) is 0 Å². The first-order valence-electron chi connectivity index (χ1n) is 9.04. The van der Waals surface area contributed by atoms with Gasteiger partial charge in [-0.15, -0.1) is 0 Å². The number of alkyl halides is 3. The van der Waals surface area contributed by atoms with E-state index in [4.69, 9.17) is 0 Å². The first-order valence-corrected chi connectivity index (χ1v) is 10.5. The smallest absolute Gasteiger partial charge is 0.367 e. The number of anilines is 2. The fourth-order valence-electron chi connectivity index (χ4n) is 3.31. The number of sulfone groups is 1. The van der Waals surface area contributed by atoms with Crippen molar-refractivity contribution in [3.05, 3.63) is 52.2 Å². The van der Waals surface area contributed by atoms with Crippen LogP contribution < -0.4 is 10.2 Å². The summed E-state index contributed by atoms with van der Waals surface area (Å²) >= 11 is 0. The zero-order valence-corrected chi connectivity index (χ0v) is 16.7. The number of aryl methyl sites for hydroxylation is 1. The fraction of sp³-hybridized carbons (Fsp3) is 0.389. The standard InChI is InChI=1S/C18H19F3N4O4S/c1-12-3-2-4-17(22-12)23-13-7-9-24(10-8-13)15-6-5-14(11-16(15)25(26)27)30(28,29)18(19,20)21/h2-6,11,13H,7-10H2,1H3,(H,22,23). The summed E-state index contributed by atoms with van der Waals surface area (Å²) in [6.45, 7) is 2.70. The molecule has 12 heteroatoms. The summed E-state index contributed by atoms with van der Waals surface area (Å²) in [7, 11) is -5.67. The number of pyridine rings is 1. The molecule has 0 unspecified atom stereocenters. The van der Waals surface area contributed by atoms with E-state index in [1.807, 2.05) is 25.1 Å². The predicted molar refractivity (Wildman–Crippen MR) is 104 cm³/mol. The molecule has 162 valence electrons. The van der Waals surface area contributed by atoms with E-state index in [0.29, 0.717) is 32.0 Å². The van der Waals surface area contributed by atoms with Gasteiger partial charge in [-0.05, 0) is 44.0 Å². The third-order valence-electron chi connectivity index (χ3n) is 4.83. The molecule has 2 aromatic rings. The van der Waals surface area contributed by atoms with Crippen molar-refractivity contribution in [3.8, 4) is 0 Å². The number of piperidine rings is 1. The van der Waals surface area contributed by atoms with E-state index >= 15 is 0 Å². The number of halogens is 3. The van der Waals surface area contributed by atoms with E-state index in [-0.39, 0.29) is 11.7 Å². The van der Waals surface area contributed by atoms with Gasteiger partial charge in [0, 0.05) is 30.9 Å². The second kappa shape index (κ2) is 8.09. The van der Waals surface area contributed by atoms with Crippen molar-refractivity contribution in [1.29, 1.82) is 0 Å². The molecule has 0 aliphatic carbocycles. The van der Waals surface area contributed by atoms with Crippen LogP contribution in [0.4, 0.5) is 30.4 Å². The van der Waals surface area contributed by atoms with Gasteiger partial charge in [-0.2, -0.15) is 13.2 Å². The Hall–Kier alpha value is -2.89. The number of nitrogens with one attached hydrogen (secondary N) is 1. The molecule has 3 rings (SSSR count). The Morgan fingerprint density at radius 1 is 1.20 bits per heavy atom. The lowest BCUT2D eigenvalue weighted by Crippen LogP contribution is -2.39. The minimum absolute atomic E-state index is 0.0829. The average Bonchev–Trinajstić information content (AvgIpc) is 2.67. The molecule has 0 amide bonds. The van der Waals surface area contributed by atoms with Crippen LogP contribution in [0, 0.1) is 17.0 Å². The molecule has 0 bridgehead atoms. The zero-order valence-electron chi connectivity index (χ0n) is 15.9. The molecule has 0 atom stereocenters. The first-order chi connectivity index (χ1) is 14.0. The van der Waals surface area contributed by atoms with Gasteiger partial charge in [-0.1, -0.05) is 6.07 Å². The number of benzene rings is 1. The third kappa shape index (κ3) is 4.48. The van der Waals surface area contributed by atoms with Crippen LogP contribution in [0.25, 0.3) is 0 Å². The van der Waals surface area contributed by atoms with Crippen molar-refractivity contribution in [2.45, 2.75) is 36.2 Å². The normalized spacial score (nSPS) is 15.8. The van der Waals surface area contributed by atoms with E-state index in [0.717, 1.165) is 23.6 Å². The predicted octanol–water partition coefficient (Wildman–Crippen LogP) is 3.67. The van der Waals surface area contributed by atoms with Crippen molar-refractivity contribution in [2.24, 2.45) is 0 Å². The highest BCUT2D eigenvalue weighted by molar-refractivity contribution is 7.92. The molecule has 30 heavy (non-hydrogen) atoms. The van der Waals surface area contributed by atoms with Crippen LogP contribution in [0.3, 0.4) is 0 Å². The molecule has 1 aliphatic rings. The van der Waals surface area contributed by atoms with Gasteiger partial charge in [-0.25, -0.2) is 13.4 Å². The van der Waals surface area contributed by atoms with Crippen LogP contribution in [-0.2, 0) is 9.84 Å². The van der Waals surface area contributed by atoms with Gasteiger partial charge in [0.05, 0.1) is 9.82 Å². The Morgan fingerprint density at radius 2 is 1.87 bits per heavy atom. The van der Waals surface area contributed by atoms with Gasteiger partial charge in [0.2, 0.25) is 0 Å². The summed E-state index contributed by atoms with van der Waals surface area (Å²) in [4.78, 5) is 15.4. The van der Waals surface area contributed by atoms with Gasteiger partial charge in [0.15, 0.2) is 0 Å². The quantitative estimate of drug-likeness (QED) is 0.554. The number of nitrogens with zero attached hydrogens (tertiary/aromatic N) is 3. The summed E-state index contributed by atoms with van der Waals surface area (Å²) < 4.78 is 61.5. The zero-order chi connectivity index (χ0) is 22.1. The van der Waals surface area contributed by atoms with Crippen LogP contribution in [0.2, 0.25) is 0 Å². The van der Waals surface area contributed by atoms with E-state index in [1.54, 1.807) is 4.90 Å².